The van der Waals surface area contributed by atoms with Crippen LogP contribution in [-0.2, 0) is 11.8 Å². The van der Waals surface area contributed by atoms with Gasteiger partial charge < -0.3 is 15.7 Å². The third-order valence-electron chi connectivity index (χ3n) is 2.98. The largest absolute Gasteiger partial charge is 0.481 e. The lowest BCUT2D eigenvalue weighted by molar-refractivity contribution is -0.142. The Kier molecular flexibility index (Phi) is 5.34. The van der Waals surface area contributed by atoms with Crippen molar-refractivity contribution in [1.82, 2.24) is 15.1 Å². The molecule has 21 heavy (non-hydrogen) atoms. The Bertz CT molecular complexity index is 517. The first-order valence-electron chi connectivity index (χ1n) is 6.86. The second-order valence-corrected chi connectivity index (χ2v) is 6.44. The summed E-state index contributed by atoms with van der Waals surface area (Å²) in [5.41, 5.74) is 1.20. The van der Waals surface area contributed by atoms with E-state index < -0.39 is 17.9 Å². The van der Waals surface area contributed by atoms with Gasteiger partial charge in [-0.3, -0.25) is 9.48 Å². The molecular formula is C14H24N4O3. The molecule has 0 bridgehead atoms. The van der Waals surface area contributed by atoms with Crippen LogP contribution in [0.3, 0.4) is 0 Å². The molecule has 1 unspecified atom stereocenters. The monoisotopic (exact) mass is 296 g/mol. The van der Waals surface area contributed by atoms with Crippen molar-refractivity contribution in [3.05, 3.63) is 11.9 Å². The van der Waals surface area contributed by atoms with Crippen molar-refractivity contribution in [2.24, 2.45) is 18.4 Å². The fourth-order valence-electron chi connectivity index (χ4n) is 2.09. The molecular weight excluding hydrogens is 272 g/mol. The zero-order valence-corrected chi connectivity index (χ0v) is 13.2. The molecule has 7 heteroatoms. The van der Waals surface area contributed by atoms with Crippen LogP contribution >= 0.6 is 0 Å². The highest BCUT2D eigenvalue weighted by Crippen LogP contribution is 2.24. The van der Waals surface area contributed by atoms with Crippen LogP contribution in [0.2, 0.25) is 0 Å². The molecule has 0 aliphatic rings. The third-order valence-corrected chi connectivity index (χ3v) is 2.98. The summed E-state index contributed by atoms with van der Waals surface area (Å²) in [6.07, 6.45) is 2.19. The number of aliphatic carboxylic acids is 1. The van der Waals surface area contributed by atoms with E-state index in [-0.39, 0.29) is 12.0 Å². The number of hydrogen-bond acceptors (Lipinski definition) is 3. The van der Waals surface area contributed by atoms with E-state index in [1.54, 1.807) is 24.9 Å². The van der Waals surface area contributed by atoms with Crippen LogP contribution in [0.15, 0.2) is 6.20 Å². The molecule has 0 saturated carbocycles. The number of anilines is 1. The van der Waals surface area contributed by atoms with Gasteiger partial charge >= 0.3 is 12.0 Å². The molecule has 2 amide bonds. The number of amides is 2. The van der Waals surface area contributed by atoms with Gasteiger partial charge in [-0.1, -0.05) is 20.8 Å². The molecule has 0 fully saturated rings. The minimum absolute atomic E-state index is 0.0950. The smallest absolute Gasteiger partial charge is 0.319 e. The van der Waals surface area contributed by atoms with Gasteiger partial charge in [0.25, 0.3) is 0 Å². The molecule has 118 valence electrons. The second kappa shape index (κ2) is 6.60. The van der Waals surface area contributed by atoms with Gasteiger partial charge in [-0.2, -0.15) is 5.10 Å². The van der Waals surface area contributed by atoms with Crippen LogP contribution in [0.5, 0.6) is 0 Å². The average Bonchev–Trinajstić information content (AvgIpc) is 2.61. The Morgan fingerprint density at radius 3 is 2.48 bits per heavy atom. The standard InChI is InChI=1S/C14H24N4O3/c1-9-11(8-18(5)17-9)16-13(21)15-7-10(12(19)20)6-14(2,3)4/h8,10H,6-7H2,1-5H3,(H,19,20)(H2,15,16,21). The Morgan fingerprint density at radius 1 is 1.43 bits per heavy atom. The molecule has 0 radical (unpaired) electrons. The van der Waals surface area contributed by atoms with Crippen LogP contribution in [-0.4, -0.2) is 33.4 Å². The van der Waals surface area contributed by atoms with Crippen molar-refractivity contribution in [2.45, 2.75) is 34.1 Å². The fraction of sp³-hybridized carbons (Fsp3) is 0.643. The normalized spacial score (nSPS) is 12.8. The first kappa shape index (κ1) is 17.0. The Hall–Kier alpha value is -2.05. The summed E-state index contributed by atoms with van der Waals surface area (Å²) in [5, 5.41) is 18.6. The predicted molar refractivity (Wildman–Crippen MR) is 80.2 cm³/mol. The van der Waals surface area contributed by atoms with Crippen molar-refractivity contribution >= 4 is 17.7 Å². The zero-order valence-electron chi connectivity index (χ0n) is 13.2. The molecule has 3 N–H and O–H groups in total. The predicted octanol–water partition coefficient (Wildman–Crippen LogP) is 1.99. The molecule has 1 atom stereocenters. The number of rotatable bonds is 5. The van der Waals surface area contributed by atoms with E-state index in [1.165, 1.54) is 0 Å². The zero-order chi connectivity index (χ0) is 16.2. The molecule has 0 aliphatic heterocycles. The highest BCUT2D eigenvalue weighted by atomic mass is 16.4. The van der Waals surface area contributed by atoms with Crippen LogP contribution in [0.4, 0.5) is 10.5 Å². The van der Waals surface area contributed by atoms with Crippen LogP contribution in [0.1, 0.15) is 32.9 Å². The van der Waals surface area contributed by atoms with E-state index in [1.807, 2.05) is 20.8 Å². The lowest BCUT2D eigenvalue weighted by atomic mass is 9.84. The molecule has 1 rings (SSSR count). The molecule has 0 aliphatic carbocycles. The lowest BCUT2D eigenvalue weighted by Crippen LogP contribution is -2.37. The Morgan fingerprint density at radius 2 is 2.05 bits per heavy atom. The minimum atomic E-state index is -0.900. The number of aromatic nitrogens is 2. The molecule has 0 saturated heterocycles. The van der Waals surface area contributed by atoms with Crippen LogP contribution in [0, 0.1) is 18.3 Å². The Labute approximate surface area is 124 Å². The van der Waals surface area contributed by atoms with Gasteiger partial charge in [0.15, 0.2) is 0 Å². The third kappa shape index (κ3) is 5.85. The maximum absolute atomic E-state index is 11.8. The van der Waals surface area contributed by atoms with Gasteiger partial charge in [0.1, 0.15) is 0 Å². The van der Waals surface area contributed by atoms with E-state index in [9.17, 15) is 14.7 Å². The summed E-state index contributed by atoms with van der Waals surface area (Å²) in [6.45, 7) is 7.80. The van der Waals surface area contributed by atoms with Gasteiger partial charge in [0.05, 0.1) is 17.3 Å². The summed E-state index contributed by atoms with van der Waals surface area (Å²) >= 11 is 0. The number of nitrogens with one attached hydrogen (secondary N) is 2. The highest BCUT2D eigenvalue weighted by molar-refractivity contribution is 5.89. The van der Waals surface area contributed by atoms with E-state index >= 15 is 0 Å². The van der Waals surface area contributed by atoms with Gasteiger partial charge in [-0.05, 0) is 18.8 Å². The first-order chi connectivity index (χ1) is 9.58. The summed E-state index contributed by atoms with van der Waals surface area (Å²) in [6, 6.07) is -0.425. The van der Waals surface area contributed by atoms with Gasteiger partial charge in [-0.15, -0.1) is 0 Å². The number of urea groups is 1. The second-order valence-electron chi connectivity index (χ2n) is 6.44. The van der Waals surface area contributed by atoms with E-state index in [2.05, 4.69) is 15.7 Å². The summed E-state index contributed by atoms with van der Waals surface area (Å²) < 4.78 is 1.60. The fourth-order valence-corrected chi connectivity index (χ4v) is 2.09. The van der Waals surface area contributed by atoms with Crippen molar-refractivity contribution in [3.63, 3.8) is 0 Å². The van der Waals surface area contributed by atoms with E-state index in [4.69, 9.17) is 0 Å². The molecule has 0 spiro atoms. The minimum Gasteiger partial charge on any atom is -0.481 e. The number of carbonyl (C=O) groups excluding carboxylic acids is 1. The number of aryl methyl sites for hydroxylation is 2. The van der Waals surface area contributed by atoms with Crippen molar-refractivity contribution in [1.29, 1.82) is 0 Å². The molecule has 1 aromatic heterocycles. The van der Waals surface area contributed by atoms with Crippen molar-refractivity contribution in [2.75, 3.05) is 11.9 Å². The lowest BCUT2D eigenvalue weighted by Gasteiger charge is -2.23. The molecule has 1 heterocycles. The first-order valence-corrected chi connectivity index (χ1v) is 6.86. The van der Waals surface area contributed by atoms with E-state index in [0.29, 0.717) is 17.8 Å². The van der Waals surface area contributed by atoms with E-state index in [0.717, 1.165) is 0 Å². The molecule has 7 nitrogen and oxygen atoms in total. The quantitative estimate of drug-likeness (QED) is 0.774. The number of carbonyl (C=O) groups is 2. The van der Waals surface area contributed by atoms with Gasteiger partial charge in [-0.25, -0.2) is 4.79 Å². The van der Waals surface area contributed by atoms with Crippen molar-refractivity contribution < 1.29 is 14.7 Å². The summed E-state index contributed by atoms with van der Waals surface area (Å²) in [5.74, 6) is -1.51. The number of carboxylic acid groups (broad SMARTS) is 1. The Balaban J connectivity index is 2.54. The SMILES string of the molecule is Cc1nn(C)cc1NC(=O)NCC(CC(C)(C)C)C(=O)O. The number of hydrogen-bond donors (Lipinski definition) is 3. The maximum atomic E-state index is 11.8. The number of nitrogens with zero attached hydrogens (tertiary/aromatic N) is 2. The molecule has 0 aromatic carbocycles. The number of carboxylic acids is 1. The summed E-state index contributed by atoms with van der Waals surface area (Å²) in [4.78, 5) is 23.0. The average molecular weight is 296 g/mol. The van der Waals surface area contributed by atoms with Crippen LogP contribution in [0.25, 0.3) is 0 Å². The molecule has 1 aromatic rings. The van der Waals surface area contributed by atoms with Crippen molar-refractivity contribution in [3.8, 4) is 0 Å². The van der Waals surface area contributed by atoms with Gasteiger partial charge in [0.2, 0.25) is 0 Å². The maximum Gasteiger partial charge on any atom is 0.319 e. The highest BCUT2D eigenvalue weighted by Gasteiger charge is 2.25. The van der Waals surface area contributed by atoms with Crippen LogP contribution < -0.4 is 10.6 Å². The summed E-state index contributed by atoms with van der Waals surface area (Å²) in [7, 11) is 1.76. The topological polar surface area (TPSA) is 96.3 Å². The van der Waals surface area contributed by atoms with Gasteiger partial charge in [0, 0.05) is 19.8 Å².